The van der Waals surface area contributed by atoms with Gasteiger partial charge in [-0.3, -0.25) is 0 Å². The molecule has 4 rings (SSSR count). The van der Waals surface area contributed by atoms with Crippen molar-refractivity contribution >= 4 is 11.8 Å². The Kier molecular flexibility index (Phi) is 3.45. The van der Waals surface area contributed by atoms with E-state index in [2.05, 4.69) is 52.5 Å². The molecule has 22 heavy (non-hydrogen) atoms. The Morgan fingerprint density at radius 2 is 2.00 bits per heavy atom. The summed E-state index contributed by atoms with van der Waals surface area (Å²) in [6.45, 7) is 4.12. The number of hydrogen-bond acceptors (Lipinski definition) is 4. The molecule has 1 aliphatic heterocycles. The Morgan fingerprint density at radius 1 is 1.18 bits per heavy atom. The van der Waals surface area contributed by atoms with E-state index in [4.69, 9.17) is 4.98 Å². The van der Waals surface area contributed by atoms with Gasteiger partial charge in [-0.25, -0.2) is 4.98 Å². The fourth-order valence-corrected chi connectivity index (χ4v) is 2.99. The second-order valence-corrected chi connectivity index (χ2v) is 6.25. The van der Waals surface area contributed by atoms with Crippen LogP contribution in [0.1, 0.15) is 36.6 Å². The Hall–Kier alpha value is -2.10. The second kappa shape index (κ2) is 5.59. The molecule has 0 radical (unpaired) electrons. The minimum atomic E-state index is 0.585. The van der Waals surface area contributed by atoms with Crippen LogP contribution in [-0.2, 0) is 19.4 Å². The van der Waals surface area contributed by atoms with Gasteiger partial charge < -0.3 is 10.2 Å². The zero-order valence-corrected chi connectivity index (χ0v) is 13.0. The molecule has 0 saturated heterocycles. The lowest BCUT2D eigenvalue weighted by Gasteiger charge is -2.30. The van der Waals surface area contributed by atoms with Crippen molar-refractivity contribution in [2.45, 2.75) is 45.2 Å². The van der Waals surface area contributed by atoms with E-state index in [-0.39, 0.29) is 0 Å². The molecule has 0 atom stereocenters. The zero-order valence-electron chi connectivity index (χ0n) is 13.0. The number of hydrogen-bond donors (Lipinski definition) is 1. The first-order chi connectivity index (χ1) is 10.8. The van der Waals surface area contributed by atoms with Crippen LogP contribution in [0.2, 0.25) is 0 Å². The van der Waals surface area contributed by atoms with E-state index >= 15 is 0 Å². The maximum atomic E-state index is 4.76. The molecule has 1 aromatic carbocycles. The second-order valence-electron chi connectivity index (χ2n) is 6.25. The minimum Gasteiger partial charge on any atom is -0.352 e. The first-order valence-electron chi connectivity index (χ1n) is 8.28. The maximum absolute atomic E-state index is 4.76. The fourth-order valence-electron chi connectivity index (χ4n) is 2.99. The molecule has 2 heterocycles. The Labute approximate surface area is 131 Å². The van der Waals surface area contributed by atoms with Crippen molar-refractivity contribution in [2.24, 2.45) is 0 Å². The van der Waals surface area contributed by atoms with Gasteiger partial charge in [0, 0.05) is 30.9 Å². The molecule has 1 aromatic heterocycles. The number of nitrogens with one attached hydrogen (secondary N) is 1. The summed E-state index contributed by atoms with van der Waals surface area (Å²) in [5, 5.41) is 3.44. The monoisotopic (exact) mass is 294 g/mol. The van der Waals surface area contributed by atoms with E-state index in [1.54, 1.807) is 0 Å². The van der Waals surface area contributed by atoms with Crippen molar-refractivity contribution in [1.82, 2.24) is 9.97 Å². The average Bonchev–Trinajstić information content (AvgIpc) is 3.38. The van der Waals surface area contributed by atoms with Gasteiger partial charge in [0.1, 0.15) is 5.82 Å². The van der Waals surface area contributed by atoms with E-state index in [0.29, 0.717) is 6.04 Å². The highest BCUT2D eigenvalue weighted by Crippen LogP contribution is 2.27. The summed E-state index contributed by atoms with van der Waals surface area (Å²) in [6.07, 6.45) is 4.52. The molecule has 114 valence electrons. The fraction of sp³-hybridized carbons (Fsp3) is 0.444. The van der Waals surface area contributed by atoms with E-state index in [0.717, 1.165) is 43.4 Å². The van der Waals surface area contributed by atoms with Crippen molar-refractivity contribution in [1.29, 1.82) is 0 Å². The molecule has 0 spiro atoms. The van der Waals surface area contributed by atoms with Crippen molar-refractivity contribution in [3.63, 3.8) is 0 Å². The summed E-state index contributed by atoms with van der Waals surface area (Å²) in [4.78, 5) is 11.8. The molecular formula is C18H22N4. The van der Waals surface area contributed by atoms with Gasteiger partial charge in [-0.2, -0.15) is 4.98 Å². The predicted octanol–water partition coefficient (Wildman–Crippen LogP) is 3.18. The van der Waals surface area contributed by atoms with E-state index in [1.807, 2.05) is 0 Å². The summed E-state index contributed by atoms with van der Waals surface area (Å²) in [5.74, 6) is 1.86. The lowest BCUT2D eigenvalue weighted by Crippen LogP contribution is -2.31. The van der Waals surface area contributed by atoms with Crippen LogP contribution in [-0.4, -0.2) is 22.6 Å². The molecule has 4 heteroatoms. The maximum Gasteiger partial charge on any atom is 0.225 e. The van der Waals surface area contributed by atoms with Crippen LogP contribution in [0, 0.1) is 0 Å². The van der Waals surface area contributed by atoms with Crippen molar-refractivity contribution in [3.8, 4) is 0 Å². The van der Waals surface area contributed by atoms with Crippen molar-refractivity contribution in [2.75, 3.05) is 16.8 Å². The van der Waals surface area contributed by atoms with Crippen LogP contribution < -0.4 is 10.2 Å². The first kappa shape index (κ1) is 13.6. The largest absolute Gasteiger partial charge is 0.352 e. The van der Waals surface area contributed by atoms with Gasteiger partial charge in [-0.05, 0) is 36.8 Å². The summed E-state index contributed by atoms with van der Waals surface area (Å²) >= 11 is 0. The zero-order chi connectivity index (χ0) is 14.9. The number of aryl methyl sites for hydroxylation is 1. The van der Waals surface area contributed by atoms with Gasteiger partial charge in [0.05, 0.1) is 0 Å². The van der Waals surface area contributed by atoms with Gasteiger partial charge in [0.15, 0.2) is 0 Å². The van der Waals surface area contributed by atoms with E-state index < -0.39 is 0 Å². The van der Waals surface area contributed by atoms with Crippen molar-refractivity contribution < 1.29 is 0 Å². The number of anilines is 2. The molecule has 1 aliphatic carbocycles. The van der Waals surface area contributed by atoms with Crippen LogP contribution in [0.4, 0.5) is 11.8 Å². The number of fused-ring (bicyclic) bond motifs is 1. The highest BCUT2D eigenvalue weighted by atomic mass is 15.2. The number of aromatic nitrogens is 2. The first-order valence-corrected chi connectivity index (χ1v) is 8.28. The number of rotatable bonds is 4. The topological polar surface area (TPSA) is 41.1 Å². The predicted molar refractivity (Wildman–Crippen MR) is 89.3 cm³/mol. The molecule has 1 N–H and O–H groups in total. The van der Waals surface area contributed by atoms with Crippen LogP contribution in [0.15, 0.2) is 30.3 Å². The lowest BCUT2D eigenvalue weighted by molar-refractivity contribution is 0.717. The molecule has 1 saturated carbocycles. The molecule has 2 aliphatic rings. The minimum absolute atomic E-state index is 0.585. The molecule has 0 bridgehead atoms. The SMILES string of the molecule is CCc1cc(N2CCc3ccccc3C2)nc(NC2CC2)n1. The van der Waals surface area contributed by atoms with Crippen molar-refractivity contribution in [3.05, 3.63) is 47.2 Å². The highest BCUT2D eigenvalue weighted by Gasteiger charge is 2.23. The molecule has 4 nitrogen and oxygen atoms in total. The average molecular weight is 294 g/mol. The smallest absolute Gasteiger partial charge is 0.225 e. The van der Waals surface area contributed by atoms with Crippen LogP contribution in [0.25, 0.3) is 0 Å². The van der Waals surface area contributed by atoms with Gasteiger partial charge in [-0.1, -0.05) is 31.2 Å². The van der Waals surface area contributed by atoms with E-state index in [9.17, 15) is 0 Å². The quantitative estimate of drug-likeness (QED) is 0.940. The van der Waals surface area contributed by atoms with Crippen LogP contribution in [0.5, 0.6) is 0 Å². The lowest BCUT2D eigenvalue weighted by atomic mass is 10.00. The normalized spacial score (nSPS) is 17.2. The highest BCUT2D eigenvalue weighted by molar-refractivity contribution is 5.48. The molecule has 0 amide bonds. The summed E-state index contributed by atoms with van der Waals surface area (Å²) in [7, 11) is 0. The Bertz CT molecular complexity index is 679. The third-order valence-electron chi connectivity index (χ3n) is 4.49. The van der Waals surface area contributed by atoms with Gasteiger partial charge in [-0.15, -0.1) is 0 Å². The molecular weight excluding hydrogens is 272 g/mol. The summed E-state index contributed by atoms with van der Waals surface area (Å²) < 4.78 is 0. The molecule has 0 unspecified atom stereocenters. The van der Waals surface area contributed by atoms with Gasteiger partial charge in [0.2, 0.25) is 5.95 Å². The van der Waals surface area contributed by atoms with Crippen LogP contribution >= 0.6 is 0 Å². The summed E-state index contributed by atoms with van der Waals surface area (Å²) in [6, 6.07) is 11.5. The standard InChI is InChI=1S/C18H22N4/c1-2-15-11-17(21-18(19-15)20-16-7-8-16)22-10-9-13-5-3-4-6-14(13)12-22/h3-6,11,16H,2,7-10,12H2,1H3,(H,19,20,21). The number of nitrogens with zero attached hydrogens (tertiary/aromatic N) is 3. The van der Waals surface area contributed by atoms with Gasteiger partial charge in [0.25, 0.3) is 0 Å². The van der Waals surface area contributed by atoms with E-state index in [1.165, 1.54) is 24.0 Å². The number of benzene rings is 1. The Balaban J connectivity index is 1.61. The molecule has 2 aromatic rings. The van der Waals surface area contributed by atoms with Gasteiger partial charge >= 0.3 is 0 Å². The summed E-state index contributed by atoms with van der Waals surface area (Å²) in [5.41, 5.74) is 4.01. The van der Waals surface area contributed by atoms with Crippen LogP contribution in [0.3, 0.4) is 0 Å². The third-order valence-corrected chi connectivity index (χ3v) is 4.49. The Morgan fingerprint density at radius 3 is 2.77 bits per heavy atom. The third kappa shape index (κ3) is 2.78. The molecule has 1 fully saturated rings.